The summed E-state index contributed by atoms with van der Waals surface area (Å²) >= 11 is 4.81. The average Bonchev–Trinajstić information content (AvgIpc) is 3.40. The summed E-state index contributed by atoms with van der Waals surface area (Å²) in [6.07, 6.45) is 1.73. The molecule has 39 heavy (non-hydrogen) atoms. The number of carbonyl (C=O) groups excluding carboxylic acids is 1. The molecule has 1 heterocycles. The van der Waals surface area contributed by atoms with Crippen LogP contribution in [-0.4, -0.2) is 32.6 Å². The molecular weight excluding hydrogens is 570 g/mol. The fourth-order valence-corrected chi connectivity index (χ4v) is 5.49. The third-order valence-electron chi connectivity index (χ3n) is 6.28. The van der Waals surface area contributed by atoms with Crippen molar-refractivity contribution in [2.45, 2.75) is 5.16 Å². The van der Waals surface area contributed by atoms with Crippen molar-refractivity contribution in [1.29, 1.82) is 0 Å². The molecule has 8 heteroatoms. The van der Waals surface area contributed by atoms with E-state index in [1.165, 1.54) is 11.8 Å². The highest BCUT2D eigenvalue weighted by Crippen LogP contribution is 2.29. The van der Waals surface area contributed by atoms with E-state index >= 15 is 0 Å². The van der Waals surface area contributed by atoms with Crippen molar-refractivity contribution >= 4 is 61.4 Å². The van der Waals surface area contributed by atoms with Gasteiger partial charge in [0.2, 0.25) is 0 Å². The number of nitrogens with zero attached hydrogens (tertiary/aromatic N) is 4. The molecular formula is C31H22BrN5OS. The van der Waals surface area contributed by atoms with Crippen LogP contribution in [-0.2, 0) is 4.79 Å². The van der Waals surface area contributed by atoms with Gasteiger partial charge >= 0.3 is 0 Å². The SMILES string of the molecule is O=C(CSc1nnc(-c2ccccc2)n1-c1ccc(Br)cc1)NN=Cc1c2ccccc2cc2ccccc12. The normalized spacial score (nSPS) is 11.4. The summed E-state index contributed by atoms with van der Waals surface area (Å²) in [5.41, 5.74) is 5.50. The van der Waals surface area contributed by atoms with Crippen LogP contribution in [0, 0.1) is 0 Å². The van der Waals surface area contributed by atoms with Crippen LogP contribution in [0.3, 0.4) is 0 Å². The number of rotatable bonds is 7. The van der Waals surface area contributed by atoms with E-state index in [9.17, 15) is 4.79 Å². The van der Waals surface area contributed by atoms with Gasteiger partial charge in [0.05, 0.1) is 12.0 Å². The summed E-state index contributed by atoms with van der Waals surface area (Å²) in [4.78, 5) is 12.8. The molecule has 0 aliphatic rings. The van der Waals surface area contributed by atoms with E-state index in [1.807, 2.05) is 83.4 Å². The molecule has 0 aliphatic heterocycles. The molecule has 6 nitrogen and oxygen atoms in total. The van der Waals surface area contributed by atoms with Crippen LogP contribution < -0.4 is 5.43 Å². The van der Waals surface area contributed by atoms with Crippen LogP contribution in [0.15, 0.2) is 124 Å². The van der Waals surface area contributed by atoms with Gasteiger partial charge < -0.3 is 0 Å². The molecule has 0 unspecified atom stereocenters. The maximum Gasteiger partial charge on any atom is 0.250 e. The molecule has 5 aromatic carbocycles. The minimum Gasteiger partial charge on any atom is -0.272 e. The minimum absolute atomic E-state index is 0.136. The Balaban J connectivity index is 1.22. The van der Waals surface area contributed by atoms with Gasteiger partial charge in [0.15, 0.2) is 11.0 Å². The molecule has 6 aromatic rings. The Morgan fingerprint density at radius 3 is 2.18 bits per heavy atom. The van der Waals surface area contributed by atoms with Crippen LogP contribution in [0.4, 0.5) is 0 Å². The Bertz CT molecular complexity index is 1760. The Morgan fingerprint density at radius 1 is 0.846 bits per heavy atom. The largest absolute Gasteiger partial charge is 0.272 e. The molecule has 190 valence electrons. The molecule has 6 rings (SSSR count). The Labute approximate surface area is 237 Å². The van der Waals surface area contributed by atoms with E-state index in [0.29, 0.717) is 11.0 Å². The molecule has 0 aliphatic carbocycles. The standard InChI is InChI=1S/C31H22BrN5OS/c32-24-14-16-25(17-15-24)37-30(21-8-2-1-3-9-21)35-36-31(37)39-20-29(38)34-33-19-28-26-12-6-4-10-22(26)18-23-11-5-7-13-27(23)28/h1-19H,20H2,(H,34,38). The summed E-state index contributed by atoms with van der Waals surface area (Å²) in [7, 11) is 0. The second kappa shape index (κ2) is 11.2. The smallest absolute Gasteiger partial charge is 0.250 e. The van der Waals surface area contributed by atoms with Gasteiger partial charge in [-0.05, 0) is 51.9 Å². The molecule has 0 saturated carbocycles. The molecule has 0 bridgehead atoms. The molecule has 1 aromatic heterocycles. The summed E-state index contributed by atoms with van der Waals surface area (Å²) in [6, 6.07) is 36.3. The van der Waals surface area contributed by atoms with Crippen LogP contribution in [0.5, 0.6) is 0 Å². The lowest BCUT2D eigenvalue weighted by atomic mass is 9.97. The monoisotopic (exact) mass is 591 g/mol. The van der Waals surface area contributed by atoms with Crippen molar-refractivity contribution < 1.29 is 4.79 Å². The lowest BCUT2D eigenvalue weighted by molar-refractivity contribution is -0.118. The van der Waals surface area contributed by atoms with E-state index < -0.39 is 0 Å². The zero-order valence-corrected chi connectivity index (χ0v) is 23.1. The Kier molecular flexibility index (Phi) is 7.21. The highest BCUT2D eigenvalue weighted by atomic mass is 79.9. The van der Waals surface area contributed by atoms with Crippen LogP contribution in [0.25, 0.3) is 38.6 Å². The van der Waals surface area contributed by atoms with E-state index in [2.05, 4.69) is 67.0 Å². The van der Waals surface area contributed by atoms with Crippen LogP contribution >= 0.6 is 27.7 Å². The second-order valence-electron chi connectivity index (χ2n) is 8.80. The summed E-state index contributed by atoms with van der Waals surface area (Å²) in [5, 5.41) is 18.2. The number of hydrazone groups is 1. The molecule has 0 atom stereocenters. The quantitative estimate of drug-likeness (QED) is 0.0918. The first-order chi connectivity index (χ1) is 19.2. The molecule has 0 radical (unpaired) electrons. The van der Waals surface area contributed by atoms with Crippen LogP contribution in [0.1, 0.15) is 5.56 Å². The summed E-state index contributed by atoms with van der Waals surface area (Å²) < 4.78 is 2.94. The van der Waals surface area contributed by atoms with E-state index in [0.717, 1.165) is 42.8 Å². The van der Waals surface area contributed by atoms with Gasteiger partial charge in [-0.3, -0.25) is 9.36 Å². The summed E-state index contributed by atoms with van der Waals surface area (Å²) in [5.74, 6) is 0.617. The van der Waals surface area contributed by atoms with E-state index in [1.54, 1.807) is 6.21 Å². The molecule has 1 amide bonds. The van der Waals surface area contributed by atoms with Crippen molar-refractivity contribution in [1.82, 2.24) is 20.2 Å². The average molecular weight is 593 g/mol. The van der Waals surface area contributed by atoms with Gasteiger partial charge in [0, 0.05) is 21.3 Å². The zero-order chi connectivity index (χ0) is 26.6. The third kappa shape index (κ3) is 5.34. The number of aromatic nitrogens is 3. The first kappa shape index (κ1) is 25.0. The highest BCUT2D eigenvalue weighted by molar-refractivity contribution is 9.10. The van der Waals surface area contributed by atoms with Gasteiger partial charge in [0.25, 0.3) is 5.91 Å². The molecule has 0 saturated heterocycles. The van der Waals surface area contributed by atoms with Crippen molar-refractivity contribution in [2.24, 2.45) is 5.10 Å². The lowest BCUT2D eigenvalue weighted by Crippen LogP contribution is -2.20. The van der Waals surface area contributed by atoms with Crippen molar-refractivity contribution in [3.63, 3.8) is 0 Å². The minimum atomic E-state index is -0.229. The van der Waals surface area contributed by atoms with Crippen LogP contribution in [0.2, 0.25) is 0 Å². The Hall–Kier alpha value is -4.27. The Morgan fingerprint density at radius 2 is 1.49 bits per heavy atom. The van der Waals surface area contributed by atoms with Gasteiger partial charge in [-0.25, -0.2) is 5.43 Å². The number of amides is 1. The maximum absolute atomic E-state index is 12.8. The summed E-state index contributed by atoms with van der Waals surface area (Å²) in [6.45, 7) is 0. The topological polar surface area (TPSA) is 72.2 Å². The van der Waals surface area contributed by atoms with Crippen molar-refractivity contribution in [3.05, 3.63) is 119 Å². The highest BCUT2D eigenvalue weighted by Gasteiger charge is 2.17. The number of benzene rings is 5. The second-order valence-corrected chi connectivity index (χ2v) is 10.7. The van der Waals surface area contributed by atoms with Gasteiger partial charge in [-0.2, -0.15) is 5.10 Å². The predicted octanol–water partition coefficient (Wildman–Crippen LogP) is 7.25. The number of carbonyl (C=O) groups is 1. The third-order valence-corrected chi connectivity index (χ3v) is 7.74. The molecule has 0 spiro atoms. The number of thioether (sulfide) groups is 1. The molecule has 0 fully saturated rings. The van der Waals surface area contributed by atoms with E-state index in [4.69, 9.17) is 0 Å². The van der Waals surface area contributed by atoms with Gasteiger partial charge in [-0.15, -0.1) is 10.2 Å². The fourth-order valence-electron chi connectivity index (χ4n) is 4.48. The fraction of sp³-hybridized carbons (Fsp3) is 0.0323. The number of hydrogen-bond acceptors (Lipinski definition) is 5. The van der Waals surface area contributed by atoms with E-state index in [-0.39, 0.29) is 11.7 Å². The van der Waals surface area contributed by atoms with Gasteiger partial charge in [-0.1, -0.05) is 107 Å². The lowest BCUT2D eigenvalue weighted by Gasteiger charge is -2.10. The first-order valence-electron chi connectivity index (χ1n) is 12.3. The predicted molar refractivity (Wildman–Crippen MR) is 162 cm³/mol. The maximum atomic E-state index is 12.8. The first-order valence-corrected chi connectivity index (χ1v) is 14.1. The number of nitrogens with one attached hydrogen (secondary N) is 1. The number of fused-ring (bicyclic) bond motifs is 2. The molecule has 1 N–H and O–H groups in total. The number of halogens is 1. The number of hydrogen-bond donors (Lipinski definition) is 1. The van der Waals surface area contributed by atoms with Crippen molar-refractivity contribution in [2.75, 3.05) is 5.75 Å². The van der Waals surface area contributed by atoms with Crippen molar-refractivity contribution in [3.8, 4) is 17.1 Å². The van der Waals surface area contributed by atoms with Gasteiger partial charge in [0.1, 0.15) is 0 Å². The zero-order valence-electron chi connectivity index (χ0n) is 20.7.